The minimum Gasteiger partial charge on any atom is -0.506 e. The number of nitrogens with one attached hydrogen (secondary N) is 1. The van der Waals surface area contributed by atoms with Crippen LogP contribution in [0.15, 0.2) is 41.3 Å². The molecular weight excluding hydrogens is 434 g/mol. The van der Waals surface area contributed by atoms with Gasteiger partial charge in [-0.3, -0.25) is 0 Å². The highest BCUT2D eigenvalue weighted by Crippen LogP contribution is 2.42. The van der Waals surface area contributed by atoms with E-state index in [0.717, 1.165) is 17.0 Å². The van der Waals surface area contributed by atoms with Crippen LogP contribution in [-0.2, 0) is 0 Å². The molecule has 1 saturated carbocycles. The van der Waals surface area contributed by atoms with Crippen LogP contribution in [0.25, 0.3) is 16.7 Å². The highest BCUT2D eigenvalue weighted by molar-refractivity contribution is 8.00. The van der Waals surface area contributed by atoms with E-state index in [1.165, 1.54) is 46.3 Å². The Morgan fingerprint density at radius 1 is 1.06 bits per heavy atom. The zero-order chi connectivity index (χ0) is 23.8. The van der Waals surface area contributed by atoms with Gasteiger partial charge in [-0.2, -0.15) is 0 Å². The van der Waals surface area contributed by atoms with Gasteiger partial charge in [-0.25, -0.2) is 4.79 Å². The minimum absolute atomic E-state index is 0.00271. The lowest BCUT2D eigenvalue weighted by atomic mass is 9.72. The van der Waals surface area contributed by atoms with E-state index in [9.17, 15) is 9.90 Å². The first kappa shape index (κ1) is 23.4. The predicted molar refractivity (Wildman–Crippen MR) is 134 cm³/mol. The van der Waals surface area contributed by atoms with Gasteiger partial charge in [0.25, 0.3) is 0 Å². The van der Waals surface area contributed by atoms with Crippen molar-refractivity contribution >= 4 is 34.5 Å². The molecule has 0 spiro atoms. The monoisotopic (exact) mass is 467 g/mol. The first-order chi connectivity index (χ1) is 15.6. The molecule has 2 N–H and O–H groups in total. The Balaban J connectivity index is 1.47. The van der Waals surface area contributed by atoms with Crippen molar-refractivity contribution in [1.29, 1.82) is 0 Å². The van der Waals surface area contributed by atoms with Gasteiger partial charge in [-0.05, 0) is 67.3 Å². The number of aromatic hydroxyl groups is 1. The van der Waals surface area contributed by atoms with Gasteiger partial charge in [0.05, 0.1) is 0 Å². The Kier molecular flexibility index (Phi) is 6.56. The molecule has 1 heterocycles. The highest BCUT2D eigenvalue weighted by Gasteiger charge is 2.30. The molecule has 2 aromatic carbocycles. The molecule has 8 heteroatoms. The molecule has 1 fully saturated rings. The van der Waals surface area contributed by atoms with Crippen LogP contribution >= 0.6 is 11.8 Å². The maximum atomic E-state index is 11.8. The highest BCUT2D eigenvalue weighted by atomic mass is 32.2. The number of nitrogens with zero attached hydrogens (tertiary/aromatic N) is 4. The van der Waals surface area contributed by atoms with Gasteiger partial charge >= 0.3 is 6.03 Å². The molecular formula is C25H33N5O2S. The third kappa shape index (κ3) is 5.43. The average Bonchev–Trinajstić information content (AvgIpc) is 3.16. The van der Waals surface area contributed by atoms with Gasteiger partial charge < -0.3 is 15.3 Å². The van der Waals surface area contributed by atoms with Gasteiger partial charge in [-0.1, -0.05) is 20.8 Å². The molecule has 1 aliphatic carbocycles. The normalized spacial score (nSPS) is 18.9. The number of hydrogen-bond acceptors (Lipinski definition) is 5. The topological polar surface area (TPSA) is 83.3 Å². The van der Waals surface area contributed by atoms with Crippen LogP contribution in [0.2, 0.25) is 0 Å². The quantitative estimate of drug-likeness (QED) is 0.498. The lowest BCUT2D eigenvalue weighted by Gasteiger charge is -2.36. The molecule has 1 aliphatic rings. The Labute approximate surface area is 199 Å². The minimum atomic E-state index is -0.262. The standard InChI is InChI=1S/C25H33N5O2S/c1-25(2,3)16-6-9-18(10-7-16)33-19-11-12-20-21(15-19)28-30(27-20)22-13-8-17(14-23(22)31)26-24(32)29(4)5/h8,11-16,18,31H,6-7,9-10H2,1-5H3,(H,26,32). The van der Waals surface area contributed by atoms with Gasteiger partial charge in [-0.15, -0.1) is 26.8 Å². The average molecular weight is 468 g/mol. The third-order valence-corrected chi connectivity index (χ3v) is 7.73. The molecule has 0 saturated heterocycles. The summed E-state index contributed by atoms with van der Waals surface area (Å²) in [6.07, 6.45) is 5.09. The fourth-order valence-corrected chi connectivity index (χ4v) is 5.54. The van der Waals surface area contributed by atoms with Crippen molar-refractivity contribution in [2.75, 3.05) is 19.4 Å². The Morgan fingerprint density at radius 2 is 1.76 bits per heavy atom. The van der Waals surface area contributed by atoms with Crippen LogP contribution in [0.1, 0.15) is 46.5 Å². The number of thioether (sulfide) groups is 1. The molecule has 3 aromatic rings. The van der Waals surface area contributed by atoms with E-state index in [1.807, 2.05) is 17.8 Å². The maximum Gasteiger partial charge on any atom is 0.321 e. The zero-order valence-corrected chi connectivity index (χ0v) is 20.8. The summed E-state index contributed by atoms with van der Waals surface area (Å²) < 4.78 is 0. The molecule has 7 nitrogen and oxygen atoms in total. The first-order valence-corrected chi connectivity index (χ1v) is 12.3. The summed E-state index contributed by atoms with van der Waals surface area (Å²) in [4.78, 5) is 15.9. The van der Waals surface area contributed by atoms with Crippen molar-refractivity contribution in [1.82, 2.24) is 19.9 Å². The van der Waals surface area contributed by atoms with E-state index < -0.39 is 0 Å². The number of carbonyl (C=O) groups is 1. The summed E-state index contributed by atoms with van der Waals surface area (Å²) in [7, 11) is 3.32. The summed E-state index contributed by atoms with van der Waals surface area (Å²) in [6, 6.07) is 10.8. The smallest absolute Gasteiger partial charge is 0.321 e. The largest absolute Gasteiger partial charge is 0.506 e. The molecule has 0 unspecified atom stereocenters. The van der Waals surface area contributed by atoms with Gasteiger partial charge in [0, 0.05) is 36.0 Å². The number of carbonyl (C=O) groups excluding carboxylic acids is 1. The van der Waals surface area contributed by atoms with E-state index >= 15 is 0 Å². The van der Waals surface area contributed by atoms with E-state index in [4.69, 9.17) is 0 Å². The van der Waals surface area contributed by atoms with Crippen LogP contribution in [0.5, 0.6) is 5.75 Å². The fraction of sp³-hybridized carbons (Fsp3) is 0.480. The Bertz CT molecular complexity index is 1140. The molecule has 0 aliphatic heterocycles. The first-order valence-electron chi connectivity index (χ1n) is 11.5. The van der Waals surface area contributed by atoms with Crippen LogP contribution in [0, 0.1) is 11.3 Å². The number of benzene rings is 2. The molecule has 2 amide bonds. The van der Waals surface area contributed by atoms with E-state index in [2.05, 4.69) is 48.4 Å². The summed E-state index contributed by atoms with van der Waals surface area (Å²) in [5.41, 5.74) is 2.94. The summed E-state index contributed by atoms with van der Waals surface area (Å²) in [6.45, 7) is 7.06. The second kappa shape index (κ2) is 9.25. The zero-order valence-electron chi connectivity index (χ0n) is 20.0. The molecule has 0 radical (unpaired) electrons. The number of aromatic nitrogens is 3. The number of fused-ring (bicyclic) bond motifs is 1. The molecule has 0 bridgehead atoms. The molecule has 1 aromatic heterocycles. The SMILES string of the molecule is CN(C)C(=O)Nc1ccc(-n2nc3ccc(SC4CCC(C(C)(C)C)CC4)cc3n2)c(O)c1. The van der Waals surface area contributed by atoms with Crippen LogP contribution in [-0.4, -0.2) is 50.4 Å². The molecule has 0 atom stereocenters. The number of anilines is 1. The second-order valence-corrected chi connectivity index (χ2v) is 11.5. The molecule has 4 rings (SSSR count). The Hall–Kier alpha value is -2.74. The lowest BCUT2D eigenvalue weighted by Crippen LogP contribution is -2.27. The molecule has 176 valence electrons. The van der Waals surface area contributed by atoms with Crippen molar-refractivity contribution in [3.8, 4) is 11.4 Å². The maximum absolute atomic E-state index is 11.8. The number of phenolic OH excluding ortho intramolecular Hbond substituents is 1. The summed E-state index contributed by atoms with van der Waals surface area (Å²) >= 11 is 1.94. The number of phenols is 1. The Morgan fingerprint density at radius 3 is 2.39 bits per heavy atom. The van der Waals surface area contributed by atoms with E-state index in [1.54, 1.807) is 26.2 Å². The third-order valence-electron chi connectivity index (χ3n) is 6.40. The number of rotatable bonds is 4. The van der Waals surface area contributed by atoms with Crippen LogP contribution < -0.4 is 5.32 Å². The van der Waals surface area contributed by atoms with Gasteiger partial charge in [0.15, 0.2) is 0 Å². The van der Waals surface area contributed by atoms with Crippen molar-refractivity contribution in [3.05, 3.63) is 36.4 Å². The predicted octanol–water partition coefficient (Wildman–Crippen LogP) is 5.92. The van der Waals surface area contributed by atoms with E-state index in [-0.39, 0.29) is 11.8 Å². The fourth-order valence-electron chi connectivity index (χ4n) is 4.32. The van der Waals surface area contributed by atoms with Crippen molar-refractivity contribution in [2.24, 2.45) is 11.3 Å². The lowest BCUT2D eigenvalue weighted by molar-refractivity contribution is 0.182. The van der Waals surface area contributed by atoms with E-state index in [0.29, 0.717) is 22.0 Å². The van der Waals surface area contributed by atoms with Gasteiger partial charge in [0.1, 0.15) is 22.5 Å². The van der Waals surface area contributed by atoms with Crippen molar-refractivity contribution < 1.29 is 9.90 Å². The van der Waals surface area contributed by atoms with Crippen LogP contribution in [0.3, 0.4) is 0 Å². The van der Waals surface area contributed by atoms with Crippen molar-refractivity contribution in [3.63, 3.8) is 0 Å². The van der Waals surface area contributed by atoms with Crippen molar-refractivity contribution in [2.45, 2.75) is 56.6 Å². The summed E-state index contributed by atoms with van der Waals surface area (Å²) in [5, 5.41) is 23.0. The van der Waals surface area contributed by atoms with Gasteiger partial charge in [0.2, 0.25) is 0 Å². The second-order valence-electron chi connectivity index (χ2n) is 10.1. The number of urea groups is 1. The number of hydrogen-bond donors (Lipinski definition) is 2. The number of amides is 2. The molecule has 33 heavy (non-hydrogen) atoms. The summed E-state index contributed by atoms with van der Waals surface area (Å²) in [5.74, 6) is 0.809. The van der Waals surface area contributed by atoms with Crippen LogP contribution in [0.4, 0.5) is 10.5 Å².